The number of halogens is 1. The topological polar surface area (TPSA) is 60.2 Å². The zero-order valence-electron chi connectivity index (χ0n) is 8.89. The average molecular weight is 255 g/mol. The molecule has 0 radical (unpaired) electrons. The molecule has 0 saturated carbocycles. The lowest BCUT2D eigenvalue weighted by atomic mass is 9.97. The number of carbonyl (C=O) groups excluding carboxylic acids is 1. The first-order valence-electron chi connectivity index (χ1n) is 5.11. The molecule has 1 saturated heterocycles. The highest BCUT2D eigenvalue weighted by Crippen LogP contribution is 2.28. The van der Waals surface area contributed by atoms with Gasteiger partial charge in [-0.05, 0) is 18.6 Å². The first kappa shape index (κ1) is 12.0. The summed E-state index contributed by atoms with van der Waals surface area (Å²) >= 11 is 1.51. The third-order valence-corrected chi connectivity index (χ3v) is 3.85. The number of ketones is 1. The summed E-state index contributed by atoms with van der Waals surface area (Å²) in [4.78, 5) is 21.7. The molecule has 1 unspecified atom stereocenters. The van der Waals surface area contributed by atoms with E-state index in [1.165, 1.54) is 11.8 Å². The Morgan fingerprint density at radius 3 is 2.88 bits per heavy atom. The molecule has 1 atom stereocenters. The maximum absolute atomic E-state index is 13.1. The van der Waals surface area contributed by atoms with Gasteiger partial charge < -0.3 is 0 Å². The van der Waals surface area contributed by atoms with Gasteiger partial charge in [-0.3, -0.25) is 14.9 Å². The van der Waals surface area contributed by atoms with Crippen LogP contribution in [0.2, 0.25) is 0 Å². The van der Waals surface area contributed by atoms with Gasteiger partial charge in [0.1, 0.15) is 11.6 Å². The molecule has 4 nitrogen and oxygen atoms in total. The molecule has 1 aromatic carbocycles. The van der Waals surface area contributed by atoms with Crippen LogP contribution >= 0.6 is 11.8 Å². The third-order valence-electron chi connectivity index (χ3n) is 2.72. The molecular weight excluding hydrogens is 245 g/mol. The zero-order valence-corrected chi connectivity index (χ0v) is 9.71. The van der Waals surface area contributed by atoms with Crippen LogP contribution in [0.1, 0.15) is 5.56 Å². The van der Waals surface area contributed by atoms with Crippen molar-refractivity contribution in [3.8, 4) is 0 Å². The minimum absolute atomic E-state index is 0.0913. The van der Waals surface area contributed by atoms with E-state index in [4.69, 9.17) is 0 Å². The SMILES string of the molecule is O=C1CSCC1Cc1cc(F)ccc1[N+](=O)[O-]. The number of Topliss-reactive ketones (excluding diaryl/α,β-unsaturated/α-hetero) is 1. The van der Waals surface area contributed by atoms with Crippen LogP contribution in [0.5, 0.6) is 0 Å². The van der Waals surface area contributed by atoms with Gasteiger partial charge in [0, 0.05) is 23.3 Å². The van der Waals surface area contributed by atoms with E-state index >= 15 is 0 Å². The second kappa shape index (κ2) is 4.83. The molecule has 1 aliphatic heterocycles. The largest absolute Gasteiger partial charge is 0.298 e. The molecule has 0 N–H and O–H groups in total. The van der Waals surface area contributed by atoms with Crippen LogP contribution in [0.25, 0.3) is 0 Å². The van der Waals surface area contributed by atoms with Crippen LogP contribution in [-0.2, 0) is 11.2 Å². The molecule has 90 valence electrons. The molecule has 0 bridgehead atoms. The molecular formula is C11H10FNO3S. The molecule has 1 aromatic rings. The van der Waals surface area contributed by atoms with E-state index < -0.39 is 10.7 Å². The Labute approximate surface area is 101 Å². The highest BCUT2D eigenvalue weighted by molar-refractivity contribution is 8.00. The molecule has 17 heavy (non-hydrogen) atoms. The Morgan fingerprint density at radius 1 is 1.53 bits per heavy atom. The van der Waals surface area contributed by atoms with Gasteiger partial charge in [-0.1, -0.05) is 0 Å². The smallest absolute Gasteiger partial charge is 0.272 e. The number of nitro groups is 1. The fourth-order valence-corrected chi connectivity index (χ4v) is 2.99. The fraction of sp³-hybridized carbons (Fsp3) is 0.364. The molecule has 1 fully saturated rings. The Kier molecular flexibility index (Phi) is 3.42. The summed E-state index contributed by atoms with van der Waals surface area (Å²) in [5.41, 5.74) is 0.187. The lowest BCUT2D eigenvalue weighted by Crippen LogP contribution is -2.15. The van der Waals surface area contributed by atoms with Gasteiger partial charge in [-0.2, -0.15) is 11.8 Å². The zero-order chi connectivity index (χ0) is 12.4. The number of carbonyl (C=O) groups is 1. The number of thioether (sulfide) groups is 1. The number of hydrogen-bond donors (Lipinski definition) is 0. The molecule has 1 heterocycles. The van der Waals surface area contributed by atoms with Crippen molar-refractivity contribution >= 4 is 23.2 Å². The Hall–Kier alpha value is -1.43. The second-order valence-corrected chi connectivity index (χ2v) is 4.94. The van der Waals surface area contributed by atoms with Crippen LogP contribution in [0.3, 0.4) is 0 Å². The van der Waals surface area contributed by atoms with E-state index in [9.17, 15) is 19.3 Å². The number of hydrogen-bond acceptors (Lipinski definition) is 4. The van der Waals surface area contributed by atoms with E-state index in [-0.39, 0.29) is 23.8 Å². The standard InChI is InChI=1S/C11H10FNO3S/c12-9-1-2-10(13(15)16)7(4-9)3-8-5-17-6-11(8)14/h1-2,4,8H,3,5-6H2. The first-order chi connectivity index (χ1) is 8.08. The normalized spacial score (nSPS) is 19.6. The molecule has 2 rings (SSSR count). The van der Waals surface area contributed by atoms with Gasteiger partial charge in [0.15, 0.2) is 0 Å². The van der Waals surface area contributed by atoms with Gasteiger partial charge in [0.25, 0.3) is 5.69 Å². The fourth-order valence-electron chi connectivity index (χ4n) is 1.85. The Bertz CT molecular complexity index is 478. The van der Waals surface area contributed by atoms with Crippen molar-refractivity contribution < 1.29 is 14.1 Å². The lowest BCUT2D eigenvalue weighted by molar-refractivity contribution is -0.385. The quantitative estimate of drug-likeness (QED) is 0.613. The van der Waals surface area contributed by atoms with Crippen LogP contribution in [0.4, 0.5) is 10.1 Å². The summed E-state index contributed by atoms with van der Waals surface area (Å²) in [6.45, 7) is 0. The summed E-state index contributed by atoms with van der Waals surface area (Å²) in [6.07, 6.45) is 0.250. The van der Waals surface area contributed by atoms with Crippen molar-refractivity contribution in [3.05, 3.63) is 39.7 Å². The number of nitro benzene ring substituents is 1. The van der Waals surface area contributed by atoms with Gasteiger partial charge in [-0.15, -0.1) is 0 Å². The number of rotatable bonds is 3. The second-order valence-electron chi connectivity index (χ2n) is 3.91. The van der Waals surface area contributed by atoms with Crippen molar-refractivity contribution in [1.29, 1.82) is 0 Å². The van der Waals surface area contributed by atoms with Crippen LogP contribution in [0.15, 0.2) is 18.2 Å². The predicted molar refractivity (Wildman–Crippen MR) is 62.6 cm³/mol. The molecule has 0 amide bonds. The summed E-state index contributed by atoms with van der Waals surface area (Å²) in [5, 5.41) is 10.8. The van der Waals surface area contributed by atoms with Crippen molar-refractivity contribution in [2.45, 2.75) is 6.42 Å². The number of benzene rings is 1. The molecule has 0 aromatic heterocycles. The van der Waals surface area contributed by atoms with Crippen molar-refractivity contribution in [2.24, 2.45) is 5.92 Å². The van der Waals surface area contributed by atoms with Gasteiger partial charge in [-0.25, -0.2) is 4.39 Å². The average Bonchev–Trinajstić information content (AvgIpc) is 2.64. The summed E-state index contributed by atoms with van der Waals surface area (Å²) in [5.74, 6) is 0.470. The highest BCUT2D eigenvalue weighted by Gasteiger charge is 2.27. The maximum Gasteiger partial charge on any atom is 0.272 e. The maximum atomic E-state index is 13.1. The Balaban J connectivity index is 2.27. The van der Waals surface area contributed by atoms with E-state index in [1.54, 1.807) is 0 Å². The Morgan fingerprint density at radius 2 is 2.29 bits per heavy atom. The van der Waals surface area contributed by atoms with Gasteiger partial charge in [0.2, 0.25) is 0 Å². The van der Waals surface area contributed by atoms with E-state index in [2.05, 4.69) is 0 Å². The van der Waals surface area contributed by atoms with Crippen molar-refractivity contribution in [1.82, 2.24) is 0 Å². The van der Waals surface area contributed by atoms with Crippen LogP contribution in [-0.4, -0.2) is 22.2 Å². The van der Waals surface area contributed by atoms with Crippen LogP contribution in [0, 0.1) is 21.8 Å². The van der Waals surface area contributed by atoms with Crippen LogP contribution < -0.4 is 0 Å². The van der Waals surface area contributed by atoms with E-state index in [0.29, 0.717) is 17.1 Å². The summed E-state index contributed by atoms with van der Waals surface area (Å²) < 4.78 is 13.1. The minimum atomic E-state index is -0.540. The highest BCUT2D eigenvalue weighted by atomic mass is 32.2. The van der Waals surface area contributed by atoms with Crippen molar-refractivity contribution in [2.75, 3.05) is 11.5 Å². The lowest BCUT2D eigenvalue weighted by Gasteiger charge is -2.07. The molecule has 0 aliphatic carbocycles. The first-order valence-corrected chi connectivity index (χ1v) is 6.26. The monoisotopic (exact) mass is 255 g/mol. The summed E-state index contributed by atoms with van der Waals surface area (Å²) in [6, 6.07) is 3.36. The molecule has 0 spiro atoms. The molecule has 6 heteroatoms. The molecule has 1 aliphatic rings. The minimum Gasteiger partial charge on any atom is -0.298 e. The predicted octanol–water partition coefficient (Wildman–Crippen LogP) is 2.21. The van der Waals surface area contributed by atoms with E-state index in [0.717, 1.165) is 18.2 Å². The number of nitrogens with zero attached hydrogens (tertiary/aromatic N) is 1. The van der Waals surface area contributed by atoms with E-state index in [1.807, 2.05) is 0 Å². The summed E-state index contributed by atoms with van der Waals surface area (Å²) in [7, 11) is 0. The van der Waals surface area contributed by atoms with Gasteiger partial charge in [0.05, 0.1) is 10.7 Å². The van der Waals surface area contributed by atoms with Gasteiger partial charge >= 0.3 is 0 Å². The third kappa shape index (κ3) is 2.63. The van der Waals surface area contributed by atoms with Crippen molar-refractivity contribution in [3.63, 3.8) is 0 Å².